The van der Waals surface area contributed by atoms with Crippen LogP contribution in [0.15, 0.2) is 30.3 Å². The van der Waals surface area contributed by atoms with Crippen molar-refractivity contribution in [1.82, 2.24) is 10.2 Å². The lowest BCUT2D eigenvalue weighted by Gasteiger charge is -2.24. The number of rotatable bonds is 4. The molecule has 1 heterocycles. The van der Waals surface area contributed by atoms with Crippen LogP contribution in [0, 0.1) is 0 Å². The van der Waals surface area contributed by atoms with E-state index in [0.717, 1.165) is 10.5 Å². The summed E-state index contributed by atoms with van der Waals surface area (Å²) in [6.07, 6.45) is -0.836. The number of hydrogen-bond donors (Lipinski definition) is 3. The zero-order chi connectivity index (χ0) is 13.8. The van der Waals surface area contributed by atoms with Crippen LogP contribution in [-0.2, 0) is 11.3 Å². The maximum Gasteiger partial charge on any atom is 0.408 e. The summed E-state index contributed by atoms with van der Waals surface area (Å²) in [5, 5.41) is 20.9. The highest BCUT2D eigenvalue weighted by Crippen LogP contribution is 2.18. The number of aliphatic hydroxyl groups excluding tert-OH is 1. The first kappa shape index (κ1) is 13.4. The van der Waals surface area contributed by atoms with Gasteiger partial charge in [0.1, 0.15) is 6.04 Å². The maximum absolute atomic E-state index is 11.8. The van der Waals surface area contributed by atoms with Gasteiger partial charge in [0, 0.05) is 6.54 Å². The van der Waals surface area contributed by atoms with Crippen molar-refractivity contribution in [1.29, 1.82) is 0 Å². The Morgan fingerprint density at radius 2 is 2.05 bits per heavy atom. The molecule has 0 bridgehead atoms. The molecule has 1 aromatic carbocycles. The van der Waals surface area contributed by atoms with Crippen LogP contribution in [0.3, 0.4) is 0 Å². The number of benzene rings is 1. The second kappa shape index (κ2) is 5.71. The largest absolute Gasteiger partial charge is 0.465 e. The van der Waals surface area contributed by atoms with Gasteiger partial charge in [-0.3, -0.25) is 9.69 Å². The summed E-state index contributed by atoms with van der Waals surface area (Å²) in [5.74, 6) is -0.350. The van der Waals surface area contributed by atoms with Crippen LogP contribution in [0.5, 0.6) is 0 Å². The molecule has 6 nitrogen and oxygen atoms in total. The molecular weight excluding hydrogens is 248 g/mol. The normalized spacial score (nSPS) is 22.1. The molecule has 2 amide bonds. The third-order valence-corrected chi connectivity index (χ3v) is 3.19. The fraction of sp³-hybridized carbons (Fsp3) is 0.385. The summed E-state index contributed by atoms with van der Waals surface area (Å²) in [5.41, 5.74) is 0.824. The number of carbonyl (C=O) groups is 2. The van der Waals surface area contributed by atoms with E-state index in [1.807, 2.05) is 30.3 Å². The third-order valence-electron chi connectivity index (χ3n) is 3.19. The van der Waals surface area contributed by atoms with Gasteiger partial charge in [0.25, 0.3) is 0 Å². The van der Waals surface area contributed by atoms with E-state index >= 15 is 0 Å². The molecule has 0 unspecified atom stereocenters. The number of carbonyl (C=O) groups excluding carboxylic acids is 1. The van der Waals surface area contributed by atoms with Crippen LogP contribution in [0.1, 0.15) is 12.0 Å². The highest BCUT2D eigenvalue weighted by molar-refractivity contribution is 5.87. The lowest BCUT2D eigenvalue weighted by molar-refractivity contribution is -0.123. The maximum atomic E-state index is 11.8. The summed E-state index contributed by atoms with van der Waals surface area (Å²) in [6.45, 7) is -0.0204. The molecule has 6 heteroatoms. The van der Waals surface area contributed by atoms with E-state index in [1.165, 1.54) is 0 Å². The van der Waals surface area contributed by atoms with E-state index in [9.17, 15) is 14.7 Å². The van der Waals surface area contributed by atoms with E-state index in [4.69, 9.17) is 5.11 Å². The van der Waals surface area contributed by atoms with E-state index in [1.54, 1.807) is 0 Å². The predicted molar refractivity (Wildman–Crippen MR) is 67.4 cm³/mol. The molecule has 0 radical (unpaired) electrons. The van der Waals surface area contributed by atoms with Gasteiger partial charge in [0.15, 0.2) is 0 Å². The van der Waals surface area contributed by atoms with Crippen LogP contribution < -0.4 is 5.32 Å². The zero-order valence-corrected chi connectivity index (χ0v) is 10.3. The van der Waals surface area contributed by atoms with Crippen LogP contribution in [0.25, 0.3) is 0 Å². The number of aliphatic hydroxyl groups is 1. The van der Waals surface area contributed by atoms with Gasteiger partial charge in [-0.25, -0.2) is 4.79 Å². The van der Waals surface area contributed by atoms with E-state index in [-0.39, 0.29) is 25.1 Å². The monoisotopic (exact) mass is 264 g/mol. The van der Waals surface area contributed by atoms with E-state index in [2.05, 4.69) is 5.32 Å². The van der Waals surface area contributed by atoms with Crippen LogP contribution >= 0.6 is 0 Å². The average molecular weight is 264 g/mol. The highest BCUT2D eigenvalue weighted by Gasteiger charge is 2.38. The SMILES string of the molecule is O=C1N[C@H](CO)C[C@H]1N(Cc1ccccc1)C(=O)O. The number of nitrogens with one attached hydrogen (secondary N) is 1. The minimum atomic E-state index is -1.14. The van der Waals surface area contributed by atoms with Gasteiger partial charge >= 0.3 is 6.09 Å². The lowest BCUT2D eigenvalue weighted by Crippen LogP contribution is -2.43. The molecule has 0 spiro atoms. The summed E-state index contributed by atoms with van der Waals surface area (Å²) in [4.78, 5) is 24.2. The first-order chi connectivity index (χ1) is 9.11. The summed E-state index contributed by atoms with van der Waals surface area (Å²) < 4.78 is 0. The van der Waals surface area contributed by atoms with E-state index in [0.29, 0.717) is 6.42 Å². The van der Waals surface area contributed by atoms with Crippen molar-refractivity contribution in [2.75, 3.05) is 6.61 Å². The van der Waals surface area contributed by atoms with Gasteiger partial charge in [-0.15, -0.1) is 0 Å². The van der Waals surface area contributed by atoms with Crippen LogP contribution in [0.2, 0.25) is 0 Å². The minimum absolute atomic E-state index is 0.159. The summed E-state index contributed by atoms with van der Waals surface area (Å²) in [6, 6.07) is 8.00. The van der Waals surface area contributed by atoms with Crippen molar-refractivity contribution < 1.29 is 19.8 Å². The Kier molecular flexibility index (Phi) is 4.01. The van der Waals surface area contributed by atoms with Crippen molar-refractivity contribution in [2.45, 2.75) is 25.0 Å². The zero-order valence-electron chi connectivity index (χ0n) is 10.3. The quantitative estimate of drug-likeness (QED) is 0.735. The average Bonchev–Trinajstić information content (AvgIpc) is 2.78. The molecule has 0 aromatic heterocycles. The number of amides is 2. The standard InChI is InChI=1S/C13H16N2O4/c16-8-10-6-11(12(17)14-10)15(13(18)19)7-9-4-2-1-3-5-9/h1-5,10-11,16H,6-8H2,(H,14,17)(H,18,19)/t10-,11+/m0/s1. The molecule has 1 aromatic rings. The first-order valence-electron chi connectivity index (χ1n) is 6.06. The Hall–Kier alpha value is -2.08. The van der Waals surface area contributed by atoms with Crippen LogP contribution in [0.4, 0.5) is 4.79 Å². The Balaban J connectivity index is 2.13. The number of nitrogens with zero attached hydrogens (tertiary/aromatic N) is 1. The first-order valence-corrected chi connectivity index (χ1v) is 6.06. The van der Waals surface area contributed by atoms with Crippen molar-refractivity contribution in [3.05, 3.63) is 35.9 Å². The lowest BCUT2D eigenvalue weighted by atomic mass is 10.1. The molecule has 2 rings (SSSR count). The molecule has 1 saturated heterocycles. The fourth-order valence-electron chi connectivity index (χ4n) is 2.21. The van der Waals surface area contributed by atoms with Gasteiger partial charge in [-0.05, 0) is 12.0 Å². The molecule has 0 aliphatic carbocycles. The van der Waals surface area contributed by atoms with E-state index < -0.39 is 12.1 Å². The van der Waals surface area contributed by atoms with Gasteiger partial charge in [0.2, 0.25) is 5.91 Å². The van der Waals surface area contributed by atoms with Crippen molar-refractivity contribution in [2.24, 2.45) is 0 Å². The van der Waals surface area contributed by atoms with Gasteiger partial charge < -0.3 is 15.5 Å². The molecule has 2 atom stereocenters. The molecule has 19 heavy (non-hydrogen) atoms. The van der Waals surface area contributed by atoms with Crippen LogP contribution in [-0.4, -0.2) is 45.8 Å². The van der Waals surface area contributed by atoms with Gasteiger partial charge in [-0.2, -0.15) is 0 Å². The van der Waals surface area contributed by atoms with Gasteiger partial charge in [-0.1, -0.05) is 30.3 Å². The molecule has 1 fully saturated rings. The fourth-order valence-corrected chi connectivity index (χ4v) is 2.21. The Bertz CT molecular complexity index is 463. The highest BCUT2D eigenvalue weighted by atomic mass is 16.4. The van der Waals surface area contributed by atoms with Gasteiger partial charge in [0.05, 0.1) is 12.6 Å². The molecule has 0 saturated carbocycles. The Morgan fingerprint density at radius 3 is 2.58 bits per heavy atom. The van der Waals surface area contributed by atoms with Crippen molar-refractivity contribution >= 4 is 12.0 Å². The van der Waals surface area contributed by atoms with Crippen molar-refractivity contribution in [3.63, 3.8) is 0 Å². The van der Waals surface area contributed by atoms with Crippen molar-refractivity contribution in [3.8, 4) is 0 Å². The Morgan fingerprint density at radius 1 is 1.37 bits per heavy atom. The molecule has 1 aliphatic rings. The molecule has 102 valence electrons. The number of carboxylic acid groups (broad SMARTS) is 1. The summed E-state index contributed by atoms with van der Waals surface area (Å²) >= 11 is 0. The smallest absolute Gasteiger partial charge is 0.408 e. The molecule has 1 aliphatic heterocycles. The third kappa shape index (κ3) is 3.03. The molecule has 3 N–H and O–H groups in total. The Labute approximate surface area is 110 Å². The predicted octanol–water partition coefficient (Wildman–Crippen LogP) is 0.416. The minimum Gasteiger partial charge on any atom is -0.465 e. The summed E-state index contributed by atoms with van der Waals surface area (Å²) in [7, 11) is 0. The second-order valence-corrected chi connectivity index (χ2v) is 4.54. The topological polar surface area (TPSA) is 89.9 Å². The second-order valence-electron chi connectivity index (χ2n) is 4.54. The molecular formula is C13H16N2O4. The number of hydrogen-bond acceptors (Lipinski definition) is 3.